The van der Waals surface area contributed by atoms with Gasteiger partial charge in [-0.2, -0.15) is 0 Å². The van der Waals surface area contributed by atoms with Crippen molar-refractivity contribution in [3.63, 3.8) is 0 Å². The smallest absolute Gasteiger partial charge is 0.326 e. The first kappa shape index (κ1) is 11.0. The molecule has 0 aromatic rings. The lowest BCUT2D eigenvalue weighted by atomic mass is 10.1. The molecule has 1 heterocycles. The summed E-state index contributed by atoms with van der Waals surface area (Å²) in [5, 5.41) is 18.3. The van der Waals surface area contributed by atoms with Crippen molar-refractivity contribution in [2.45, 2.75) is 38.3 Å². The maximum absolute atomic E-state index is 11.6. The zero-order valence-electron chi connectivity index (χ0n) is 8.36. The minimum absolute atomic E-state index is 0.416. The van der Waals surface area contributed by atoms with Crippen LogP contribution in [0.5, 0.6) is 0 Å². The van der Waals surface area contributed by atoms with Crippen LogP contribution in [0.15, 0.2) is 0 Å². The van der Waals surface area contributed by atoms with E-state index in [4.69, 9.17) is 5.11 Å². The van der Waals surface area contributed by atoms with Crippen LogP contribution in [0.25, 0.3) is 0 Å². The van der Waals surface area contributed by atoms with E-state index in [1.807, 2.05) is 0 Å². The van der Waals surface area contributed by atoms with Crippen molar-refractivity contribution in [2.75, 3.05) is 6.54 Å². The fourth-order valence-corrected chi connectivity index (χ4v) is 1.62. The van der Waals surface area contributed by atoms with Gasteiger partial charge < -0.3 is 15.1 Å². The number of likely N-dealkylation sites (tertiary alicyclic amines) is 1. The minimum Gasteiger partial charge on any atom is -0.480 e. The quantitative estimate of drug-likeness (QED) is 0.650. The van der Waals surface area contributed by atoms with Crippen molar-refractivity contribution in [2.24, 2.45) is 0 Å². The van der Waals surface area contributed by atoms with E-state index in [1.54, 1.807) is 0 Å². The minimum atomic E-state index is -1.49. The molecule has 0 spiro atoms. The van der Waals surface area contributed by atoms with Crippen LogP contribution in [0.2, 0.25) is 0 Å². The molecule has 0 aromatic heterocycles. The Morgan fingerprint density at radius 1 is 1.43 bits per heavy atom. The fourth-order valence-electron chi connectivity index (χ4n) is 1.62. The van der Waals surface area contributed by atoms with Crippen molar-refractivity contribution in [3.8, 4) is 0 Å². The Morgan fingerprint density at radius 3 is 2.43 bits per heavy atom. The number of aliphatic carboxylic acids is 1. The van der Waals surface area contributed by atoms with Gasteiger partial charge in [-0.15, -0.1) is 0 Å². The van der Waals surface area contributed by atoms with Crippen LogP contribution in [0.3, 0.4) is 0 Å². The Morgan fingerprint density at radius 2 is 2.00 bits per heavy atom. The number of rotatable bonds is 2. The van der Waals surface area contributed by atoms with Crippen LogP contribution in [0.1, 0.15) is 26.7 Å². The molecule has 1 aliphatic heterocycles. The number of carboxylic acids is 1. The van der Waals surface area contributed by atoms with E-state index in [1.165, 1.54) is 18.7 Å². The Bertz CT molecular complexity index is 256. The van der Waals surface area contributed by atoms with E-state index in [0.29, 0.717) is 19.4 Å². The molecule has 14 heavy (non-hydrogen) atoms. The van der Waals surface area contributed by atoms with Gasteiger partial charge >= 0.3 is 5.97 Å². The lowest BCUT2D eigenvalue weighted by Crippen LogP contribution is -2.49. The molecule has 1 rings (SSSR count). The van der Waals surface area contributed by atoms with Crippen molar-refractivity contribution >= 4 is 11.9 Å². The van der Waals surface area contributed by atoms with Crippen molar-refractivity contribution in [1.29, 1.82) is 0 Å². The predicted molar refractivity (Wildman–Crippen MR) is 48.7 cm³/mol. The molecule has 0 saturated carbocycles. The third-order valence-corrected chi connectivity index (χ3v) is 2.32. The summed E-state index contributed by atoms with van der Waals surface area (Å²) in [7, 11) is 0. The summed E-state index contributed by atoms with van der Waals surface area (Å²) >= 11 is 0. The lowest BCUT2D eigenvalue weighted by molar-refractivity contribution is -0.156. The second-order valence-corrected chi connectivity index (χ2v) is 4.05. The molecule has 0 aliphatic carbocycles. The second kappa shape index (κ2) is 3.57. The Balaban J connectivity index is 2.77. The monoisotopic (exact) mass is 201 g/mol. The average molecular weight is 201 g/mol. The van der Waals surface area contributed by atoms with Crippen LogP contribution >= 0.6 is 0 Å². The topological polar surface area (TPSA) is 77.8 Å². The van der Waals surface area contributed by atoms with Crippen LogP contribution in [0.4, 0.5) is 0 Å². The molecule has 1 fully saturated rings. The van der Waals surface area contributed by atoms with Gasteiger partial charge in [0.1, 0.15) is 11.6 Å². The first-order valence-corrected chi connectivity index (χ1v) is 4.60. The summed E-state index contributed by atoms with van der Waals surface area (Å²) in [6.45, 7) is 3.15. The highest BCUT2D eigenvalue weighted by molar-refractivity contribution is 5.89. The number of hydrogen-bond acceptors (Lipinski definition) is 3. The molecule has 2 N–H and O–H groups in total. The molecule has 1 amide bonds. The molecular formula is C9H15NO4. The molecule has 0 bridgehead atoms. The summed E-state index contributed by atoms with van der Waals surface area (Å²) in [6, 6.07) is -0.770. The normalized spacial score (nSPS) is 22.5. The molecule has 1 saturated heterocycles. The van der Waals surface area contributed by atoms with E-state index < -0.39 is 23.5 Å². The molecule has 0 aromatic carbocycles. The number of carbonyl (C=O) groups is 2. The summed E-state index contributed by atoms with van der Waals surface area (Å²) < 4.78 is 0. The number of aliphatic hydroxyl groups is 1. The summed E-state index contributed by atoms with van der Waals surface area (Å²) in [5.41, 5.74) is -1.49. The molecule has 80 valence electrons. The summed E-state index contributed by atoms with van der Waals surface area (Å²) in [6.07, 6.45) is 1.15. The van der Waals surface area contributed by atoms with E-state index in [-0.39, 0.29) is 0 Å². The summed E-state index contributed by atoms with van der Waals surface area (Å²) in [5.74, 6) is -1.51. The lowest BCUT2D eigenvalue weighted by Gasteiger charge is -2.27. The van der Waals surface area contributed by atoms with Gasteiger partial charge in [-0.1, -0.05) is 0 Å². The molecule has 1 atom stereocenters. The summed E-state index contributed by atoms with van der Waals surface area (Å²) in [4.78, 5) is 23.6. The first-order valence-electron chi connectivity index (χ1n) is 4.60. The van der Waals surface area contributed by atoms with Crippen LogP contribution in [-0.2, 0) is 9.59 Å². The van der Waals surface area contributed by atoms with Crippen LogP contribution in [0, 0.1) is 0 Å². The van der Waals surface area contributed by atoms with E-state index in [2.05, 4.69) is 0 Å². The molecule has 0 radical (unpaired) electrons. The Kier molecular flexibility index (Phi) is 2.80. The van der Waals surface area contributed by atoms with Crippen molar-refractivity contribution < 1.29 is 19.8 Å². The van der Waals surface area contributed by atoms with E-state index in [0.717, 1.165) is 0 Å². The van der Waals surface area contributed by atoms with Gasteiger partial charge in [0.05, 0.1) is 0 Å². The van der Waals surface area contributed by atoms with E-state index >= 15 is 0 Å². The van der Waals surface area contributed by atoms with Crippen molar-refractivity contribution in [1.82, 2.24) is 4.90 Å². The van der Waals surface area contributed by atoms with Gasteiger partial charge in [0.25, 0.3) is 5.91 Å². The Hall–Kier alpha value is -1.10. The van der Waals surface area contributed by atoms with Gasteiger partial charge in [0, 0.05) is 6.54 Å². The molecule has 5 nitrogen and oxygen atoms in total. The second-order valence-electron chi connectivity index (χ2n) is 4.05. The van der Waals surface area contributed by atoms with E-state index in [9.17, 15) is 14.7 Å². The average Bonchev–Trinajstić information content (AvgIpc) is 2.48. The first-order chi connectivity index (χ1) is 6.34. The van der Waals surface area contributed by atoms with Crippen LogP contribution < -0.4 is 0 Å². The molecular weight excluding hydrogens is 186 g/mol. The largest absolute Gasteiger partial charge is 0.480 e. The Labute approximate surface area is 82.3 Å². The number of hydrogen-bond donors (Lipinski definition) is 2. The molecule has 1 aliphatic rings. The predicted octanol–water partition coefficient (Wildman–Crippen LogP) is -0.167. The third kappa shape index (κ3) is 2.04. The highest BCUT2D eigenvalue weighted by atomic mass is 16.4. The highest BCUT2D eigenvalue weighted by Gasteiger charge is 2.39. The SMILES string of the molecule is CC(C)(O)C(=O)N1CCC[C@H]1C(=O)O. The third-order valence-electron chi connectivity index (χ3n) is 2.32. The van der Waals surface area contributed by atoms with Gasteiger partial charge in [-0.05, 0) is 26.7 Å². The van der Waals surface area contributed by atoms with Crippen LogP contribution in [-0.4, -0.2) is 45.2 Å². The molecule has 5 heteroatoms. The number of carbonyl (C=O) groups excluding carboxylic acids is 1. The van der Waals surface area contributed by atoms with Gasteiger partial charge in [0.15, 0.2) is 0 Å². The standard InChI is InChI=1S/C9H15NO4/c1-9(2,14)8(13)10-5-3-4-6(10)7(11)12/h6,14H,3-5H2,1-2H3,(H,11,12)/t6-/m0/s1. The fraction of sp³-hybridized carbons (Fsp3) is 0.778. The maximum Gasteiger partial charge on any atom is 0.326 e. The number of nitrogens with zero attached hydrogens (tertiary/aromatic N) is 1. The van der Waals surface area contributed by atoms with Crippen molar-refractivity contribution in [3.05, 3.63) is 0 Å². The maximum atomic E-state index is 11.6. The van der Waals surface area contributed by atoms with Gasteiger partial charge in [-0.3, -0.25) is 4.79 Å². The van der Waals surface area contributed by atoms with Gasteiger partial charge in [0.2, 0.25) is 0 Å². The highest BCUT2D eigenvalue weighted by Crippen LogP contribution is 2.21. The zero-order valence-corrected chi connectivity index (χ0v) is 8.36. The molecule has 0 unspecified atom stereocenters. The number of amides is 1. The zero-order chi connectivity index (χ0) is 10.9. The number of carboxylic acid groups (broad SMARTS) is 1. The van der Waals surface area contributed by atoms with Gasteiger partial charge in [-0.25, -0.2) is 4.79 Å².